The van der Waals surface area contributed by atoms with E-state index in [1.807, 2.05) is 0 Å². The lowest BCUT2D eigenvalue weighted by molar-refractivity contribution is 0.230. The van der Waals surface area contributed by atoms with Crippen LogP contribution in [0, 0.1) is 6.92 Å². The molecular weight excluding hydrogens is 184 g/mol. The Balaban J connectivity index is 2.15. The first-order valence-corrected chi connectivity index (χ1v) is 5.75. The highest BCUT2D eigenvalue weighted by Crippen LogP contribution is 2.30. The Labute approximate surface area is 91.8 Å². The lowest BCUT2D eigenvalue weighted by atomic mass is 10.0. The minimum Gasteiger partial charge on any atom is -0.485 e. The third-order valence-electron chi connectivity index (χ3n) is 2.84. The number of aryl methyl sites for hydroxylation is 1. The van der Waals surface area contributed by atoms with E-state index in [0.717, 1.165) is 12.2 Å². The van der Waals surface area contributed by atoms with E-state index in [-0.39, 0.29) is 6.10 Å². The first kappa shape index (κ1) is 10.3. The van der Waals surface area contributed by atoms with Gasteiger partial charge in [-0.25, -0.2) is 0 Å². The maximum atomic E-state index is 5.98. The molecule has 0 fully saturated rings. The number of rotatable bonds is 3. The van der Waals surface area contributed by atoms with Crippen molar-refractivity contribution in [2.24, 2.45) is 0 Å². The Morgan fingerprint density at radius 3 is 3.00 bits per heavy atom. The van der Waals surface area contributed by atoms with Crippen LogP contribution in [-0.2, 0) is 0 Å². The van der Waals surface area contributed by atoms with Crippen molar-refractivity contribution >= 4 is 6.08 Å². The summed E-state index contributed by atoms with van der Waals surface area (Å²) in [5.41, 5.74) is 2.45. The second kappa shape index (κ2) is 4.52. The molecule has 80 valence electrons. The fourth-order valence-corrected chi connectivity index (χ4v) is 1.93. The second-order valence-electron chi connectivity index (χ2n) is 4.15. The van der Waals surface area contributed by atoms with Crippen LogP contribution in [0.5, 0.6) is 5.75 Å². The molecule has 1 aliphatic rings. The SMILES string of the molecule is CCCCC1C=Cc2cccc(C)c2O1. The molecule has 1 aromatic rings. The van der Waals surface area contributed by atoms with E-state index >= 15 is 0 Å². The maximum absolute atomic E-state index is 5.98. The average Bonchev–Trinajstić information content (AvgIpc) is 2.27. The molecule has 1 heterocycles. The van der Waals surface area contributed by atoms with Crippen LogP contribution in [0.3, 0.4) is 0 Å². The van der Waals surface area contributed by atoms with E-state index < -0.39 is 0 Å². The van der Waals surface area contributed by atoms with Crippen LogP contribution in [0.25, 0.3) is 6.08 Å². The number of fused-ring (bicyclic) bond motifs is 1. The largest absolute Gasteiger partial charge is 0.485 e. The van der Waals surface area contributed by atoms with Crippen LogP contribution >= 0.6 is 0 Å². The van der Waals surface area contributed by atoms with Gasteiger partial charge in [0.15, 0.2) is 0 Å². The molecule has 0 radical (unpaired) electrons. The summed E-state index contributed by atoms with van der Waals surface area (Å²) in [4.78, 5) is 0. The van der Waals surface area contributed by atoms with Crippen LogP contribution in [0.15, 0.2) is 24.3 Å². The van der Waals surface area contributed by atoms with Crippen molar-refractivity contribution in [3.05, 3.63) is 35.4 Å². The highest BCUT2D eigenvalue weighted by atomic mass is 16.5. The highest BCUT2D eigenvalue weighted by molar-refractivity contribution is 5.62. The summed E-state index contributed by atoms with van der Waals surface area (Å²) in [5, 5.41) is 0. The van der Waals surface area contributed by atoms with Crippen molar-refractivity contribution in [1.82, 2.24) is 0 Å². The van der Waals surface area contributed by atoms with E-state index in [0.29, 0.717) is 0 Å². The Morgan fingerprint density at radius 2 is 2.20 bits per heavy atom. The van der Waals surface area contributed by atoms with Gasteiger partial charge < -0.3 is 4.74 Å². The van der Waals surface area contributed by atoms with Crippen molar-refractivity contribution in [1.29, 1.82) is 0 Å². The molecule has 0 bridgehead atoms. The monoisotopic (exact) mass is 202 g/mol. The summed E-state index contributed by atoms with van der Waals surface area (Å²) in [7, 11) is 0. The molecule has 0 N–H and O–H groups in total. The Morgan fingerprint density at radius 1 is 1.33 bits per heavy atom. The van der Waals surface area contributed by atoms with Crippen LogP contribution in [0.1, 0.15) is 37.3 Å². The molecule has 0 aliphatic carbocycles. The smallest absolute Gasteiger partial charge is 0.130 e. The lowest BCUT2D eigenvalue weighted by Crippen LogP contribution is -2.17. The number of para-hydroxylation sites is 1. The topological polar surface area (TPSA) is 9.23 Å². The molecule has 2 rings (SSSR count). The summed E-state index contributed by atoms with van der Waals surface area (Å²) >= 11 is 0. The molecule has 1 nitrogen and oxygen atoms in total. The number of unbranched alkanes of at least 4 members (excludes halogenated alkanes) is 1. The van der Waals surface area contributed by atoms with E-state index in [1.165, 1.54) is 24.0 Å². The van der Waals surface area contributed by atoms with Gasteiger partial charge in [-0.1, -0.05) is 37.6 Å². The van der Waals surface area contributed by atoms with Crippen LogP contribution in [-0.4, -0.2) is 6.10 Å². The molecule has 0 spiro atoms. The van der Waals surface area contributed by atoms with Gasteiger partial charge in [-0.3, -0.25) is 0 Å². The van der Waals surface area contributed by atoms with Gasteiger partial charge in [-0.15, -0.1) is 0 Å². The van der Waals surface area contributed by atoms with Gasteiger partial charge in [-0.2, -0.15) is 0 Å². The van der Waals surface area contributed by atoms with Gasteiger partial charge in [-0.05, 0) is 31.4 Å². The van der Waals surface area contributed by atoms with E-state index in [1.54, 1.807) is 0 Å². The number of ether oxygens (including phenoxy) is 1. The Kier molecular flexibility index (Phi) is 3.10. The van der Waals surface area contributed by atoms with Gasteiger partial charge >= 0.3 is 0 Å². The van der Waals surface area contributed by atoms with Gasteiger partial charge in [0.2, 0.25) is 0 Å². The molecule has 0 saturated carbocycles. The molecular formula is C14H18O. The Bertz CT molecular complexity index is 366. The second-order valence-corrected chi connectivity index (χ2v) is 4.15. The minimum atomic E-state index is 0.276. The predicted molar refractivity (Wildman–Crippen MR) is 64.2 cm³/mol. The number of hydrogen-bond acceptors (Lipinski definition) is 1. The zero-order valence-electron chi connectivity index (χ0n) is 9.49. The molecule has 1 heteroatoms. The first-order chi connectivity index (χ1) is 7.31. The average molecular weight is 202 g/mol. The van der Waals surface area contributed by atoms with Gasteiger partial charge in [0.25, 0.3) is 0 Å². The molecule has 1 aliphatic heterocycles. The van der Waals surface area contributed by atoms with E-state index in [9.17, 15) is 0 Å². The third-order valence-corrected chi connectivity index (χ3v) is 2.84. The van der Waals surface area contributed by atoms with Gasteiger partial charge in [0.05, 0.1) is 0 Å². The molecule has 0 amide bonds. The number of benzene rings is 1. The number of hydrogen-bond donors (Lipinski definition) is 0. The normalized spacial score (nSPS) is 18.4. The van der Waals surface area contributed by atoms with Crippen LogP contribution in [0.2, 0.25) is 0 Å². The zero-order chi connectivity index (χ0) is 10.7. The maximum Gasteiger partial charge on any atom is 0.130 e. The van der Waals surface area contributed by atoms with Crippen LogP contribution < -0.4 is 4.74 Å². The van der Waals surface area contributed by atoms with E-state index in [2.05, 4.69) is 44.2 Å². The highest BCUT2D eigenvalue weighted by Gasteiger charge is 2.15. The quantitative estimate of drug-likeness (QED) is 0.721. The lowest BCUT2D eigenvalue weighted by Gasteiger charge is -2.22. The summed E-state index contributed by atoms with van der Waals surface area (Å²) < 4.78 is 5.98. The van der Waals surface area contributed by atoms with Crippen molar-refractivity contribution in [2.75, 3.05) is 0 Å². The summed E-state index contributed by atoms with van der Waals surface area (Å²) in [5.74, 6) is 1.07. The molecule has 1 aromatic carbocycles. The zero-order valence-corrected chi connectivity index (χ0v) is 9.49. The Hall–Kier alpha value is -1.24. The minimum absolute atomic E-state index is 0.276. The standard InChI is InChI=1S/C14H18O/c1-3-4-8-13-10-9-12-7-5-6-11(2)14(12)15-13/h5-7,9-10,13H,3-4,8H2,1-2H3. The van der Waals surface area contributed by atoms with Crippen molar-refractivity contribution in [2.45, 2.75) is 39.2 Å². The fourth-order valence-electron chi connectivity index (χ4n) is 1.93. The first-order valence-electron chi connectivity index (χ1n) is 5.75. The molecule has 0 saturated heterocycles. The fraction of sp³-hybridized carbons (Fsp3) is 0.429. The summed E-state index contributed by atoms with van der Waals surface area (Å²) in [6.07, 6.45) is 8.23. The molecule has 15 heavy (non-hydrogen) atoms. The summed E-state index contributed by atoms with van der Waals surface area (Å²) in [6, 6.07) is 6.29. The molecule has 1 unspecified atom stereocenters. The van der Waals surface area contributed by atoms with Crippen LogP contribution in [0.4, 0.5) is 0 Å². The van der Waals surface area contributed by atoms with E-state index in [4.69, 9.17) is 4.74 Å². The predicted octanol–water partition coefficient (Wildman–Crippen LogP) is 3.96. The van der Waals surface area contributed by atoms with Crippen molar-refractivity contribution < 1.29 is 4.74 Å². The summed E-state index contributed by atoms with van der Waals surface area (Å²) in [6.45, 7) is 4.32. The van der Waals surface area contributed by atoms with Gasteiger partial charge in [0, 0.05) is 5.56 Å². The molecule has 1 atom stereocenters. The van der Waals surface area contributed by atoms with Crippen molar-refractivity contribution in [3.63, 3.8) is 0 Å². The molecule has 0 aromatic heterocycles. The van der Waals surface area contributed by atoms with Gasteiger partial charge in [0.1, 0.15) is 11.9 Å². The van der Waals surface area contributed by atoms with Crippen molar-refractivity contribution in [3.8, 4) is 5.75 Å². The third kappa shape index (κ3) is 2.23.